The molecule has 0 spiro atoms. The maximum Gasteiger partial charge on any atom is 0.253 e. The number of hydrogen-bond acceptors (Lipinski definition) is 3. The molecule has 0 aliphatic carbocycles. The second kappa shape index (κ2) is 7.79. The van der Waals surface area contributed by atoms with Gasteiger partial charge in [-0.05, 0) is 36.4 Å². The molecular formula is C17H17ClFN3O2. The summed E-state index contributed by atoms with van der Waals surface area (Å²) in [6.45, 7) is -0.0205. The Morgan fingerprint density at radius 2 is 1.92 bits per heavy atom. The van der Waals surface area contributed by atoms with E-state index in [0.29, 0.717) is 16.9 Å². The molecule has 0 atom stereocenters. The van der Waals surface area contributed by atoms with Gasteiger partial charge in [-0.1, -0.05) is 17.7 Å². The first kappa shape index (κ1) is 17.7. The molecule has 0 saturated heterocycles. The molecule has 0 fully saturated rings. The fourth-order valence-electron chi connectivity index (χ4n) is 1.99. The molecule has 0 aliphatic rings. The second-order valence-corrected chi connectivity index (χ2v) is 5.71. The standard InChI is InChI=1S/C17H17ClFN3O2/c1-22(2)17(24)11-4-3-5-13(8-11)20-10-16(23)21-15-7-6-12(19)9-14(15)18/h3-9,20H,10H2,1-2H3,(H,21,23). The van der Waals surface area contributed by atoms with Crippen molar-refractivity contribution in [1.29, 1.82) is 0 Å². The Bertz CT molecular complexity index is 765. The summed E-state index contributed by atoms with van der Waals surface area (Å²) in [4.78, 5) is 25.3. The molecule has 0 heterocycles. The number of carbonyl (C=O) groups is 2. The number of rotatable bonds is 5. The zero-order valence-electron chi connectivity index (χ0n) is 13.3. The predicted molar refractivity (Wildman–Crippen MR) is 93.0 cm³/mol. The molecular weight excluding hydrogens is 333 g/mol. The van der Waals surface area contributed by atoms with Gasteiger partial charge in [-0.15, -0.1) is 0 Å². The maximum atomic E-state index is 13.0. The molecule has 2 amide bonds. The first-order chi connectivity index (χ1) is 11.4. The summed E-state index contributed by atoms with van der Waals surface area (Å²) in [6.07, 6.45) is 0. The summed E-state index contributed by atoms with van der Waals surface area (Å²) in [5.41, 5.74) is 1.50. The van der Waals surface area contributed by atoms with Gasteiger partial charge in [0.2, 0.25) is 5.91 Å². The van der Waals surface area contributed by atoms with Crippen LogP contribution in [0.25, 0.3) is 0 Å². The Morgan fingerprint density at radius 1 is 1.17 bits per heavy atom. The van der Waals surface area contributed by atoms with Crippen LogP contribution in [0.3, 0.4) is 0 Å². The monoisotopic (exact) mass is 349 g/mol. The SMILES string of the molecule is CN(C)C(=O)c1cccc(NCC(=O)Nc2ccc(F)cc2Cl)c1. The third kappa shape index (κ3) is 4.70. The first-order valence-corrected chi connectivity index (χ1v) is 7.55. The van der Waals surface area contributed by atoms with Gasteiger partial charge in [-0.3, -0.25) is 9.59 Å². The predicted octanol–water partition coefficient (Wildman–Crippen LogP) is 3.23. The van der Waals surface area contributed by atoms with Gasteiger partial charge < -0.3 is 15.5 Å². The van der Waals surface area contributed by atoms with Gasteiger partial charge in [0.15, 0.2) is 0 Å². The quantitative estimate of drug-likeness (QED) is 0.871. The molecule has 0 unspecified atom stereocenters. The van der Waals surface area contributed by atoms with Crippen LogP contribution in [0.1, 0.15) is 10.4 Å². The van der Waals surface area contributed by atoms with Crippen LogP contribution in [0.4, 0.5) is 15.8 Å². The van der Waals surface area contributed by atoms with E-state index in [2.05, 4.69) is 10.6 Å². The van der Waals surface area contributed by atoms with E-state index < -0.39 is 5.82 Å². The first-order valence-electron chi connectivity index (χ1n) is 7.17. The molecule has 0 saturated carbocycles. The minimum atomic E-state index is -0.474. The van der Waals surface area contributed by atoms with Crippen LogP contribution in [0.15, 0.2) is 42.5 Å². The lowest BCUT2D eigenvalue weighted by Crippen LogP contribution is -2.23. The average Bonchev–Trinajstić information content (AvgIpc) is 2.55. The van der Waals surface area contributed by atoms with E-state index in [1.54, 1.807) is 38.4 Å². The molecule has 24 heavy (non-hydrogen) atoms. The molecule has 0 radical (unpaired) electrons. The number of halogens is 2. The third-order valence-electron chi connectivity index (χ3n) is 3.17. The van der Waals surface area contributed by atoms with Gasteiger partial charge in [0, 0.05) is 25.3 Å². The minimum Gasteiger partial charge on any atom is -0.376 e. The molecule has 2 N–H and O–H groups in total. The van der Waals surface area contributed by atoms with Crippen molar-refractivity contribution in [2.45, 2.75) is 0 Å². The van der Waals surface area contributed by atoms with Gasteiger partial charge in [0.05, 0.1) is 17.3 Å². The molecule has 2 aromatic rings. The number of carbonyl (C=O) groups excluding carboxylic acids is 2. The fraction of sp³-hybridized carbons (Fsp3) is 0.176. The summed E-state index contributed by atoms with van der Waals surface area (Å²) in [5.74, 6) is -0.937. The van der Waals surface area contributed by atoms with Gasteiger partial charge >= 0.3 is 0 Å². The molecule has 2 rings (SSSR count). The van der Waals surface area contributed by atoms with Crippen molar-refractivity contribution in [3.05, 3.63) is 58.9 Å². The highest BCUT2D eigenvalue weighted by molar-refractivity contribution is 6.33. The van der Waals surface area contributed by atoms with Crippen molar-refractivity contribution in [3.8, 4) is 0 Å². The maximum absolute atomic E-state index is 13.0. The highest BCUT2D eigenvalue weighted by Gasteiger charge is 2.10. The van der Waals surface area contributed by atoms with Gasteiger partial charge in [0.25, 0.3) is 5.91 Å². The summed E-state index contributed by atoms with van der Waals surface area (Å²) in [6, 6.07) is 10.6. The Kier molecular flexibility index (Phi) is 5.76. The summed E-state index contributed by atoms with van der Waals surface area (Å²) >= 11 is 5.86. The van der Waals surface area contributed by atoms with E-state index >= 15 is 0 Å². The number of amides is 2. The molecule has 0 aliphatic heterocycles. The summed E-state index contributed by atoms with van der Waals surface area (Å²) in [5, 5.41) is 5.64. The summed E-state index contributed by atoms with van der Waals surface area (Å²) < 4.78 is 13.0. The van der Waals surface area contributed by atoms with Crippen LogP contribution in [-0.4, -0.2) is 37.4 Å². The number of anilines is 2. The van der Waals surface area contributed by atoms with Crippen molar-refractivity contribution in [3.63, 3.8) is 0 Å². The van der Waals surface area contributed by atoms with Crippen LogP contribution in [-0.2, 0) is 4.79 Å². The van der Waals surface area contributed by atoms with Crippen LogP contribution in [0.5, 0.6) is 0 Å². The van der Waals surface area contributed by atoms with E-state index in [9.17, 15) is 14.0 Å². The van der Waals surface area contributed by atoms with E-state index in [4.69, 9.17) is 11.6 Å². The third-order valence-corrected chi connectivity index (χ3v) is 3.49. The fourth-order valence-corrected chi connectivity index (χ4v) is 2.20. The van der Waals surface area contributed by atoms with Gasteiger partial charge in [0.1, 0.15) is 5.82 Å². The molecule has 0 bridgehead atoms. The lowest BCUT2D eigenvalue weighted by atomic mass is 10.2. The van der Waals surface area contributed by atoms with Gasteiger partial charge in [-0.2, -0.15) is 0 Å². The molecule has 2 aromatic carbocycles. The largest absolute Gasteiger partial charge is 0.376 e. The highest BCUT2D eigenvalue weighted by Crippen LogP contribution is 2.22. The van der Waals surface area contributed by atoms with E-state index in [1.807, 2.05) is 0 Å². The zero-order chi connectivity index (χ0) is 17.7. The van der Waals surface area contributed by atoms with Crippen molar-refractivity contribution in [2.24, 2.45) is 0 Å². The Morgan fingerprint density at radius 3 is 2.58 bits per heavy atom. The van der Waals surface area contributed by atoms with Crippen LogP contribution < -0.4 is 10.6 Å². The zero-order valence-corrected chi connectivity index (χ0v) is 14.0. The lowest BCUT2D eigenvalue weighted by molar-refractivity contribution is -0.114. The minimum absolute atomic E-state index is 0.0205. The van der Waals surface area contributed by atoms with E-state index in [0.717, 1.165) is 6.07 Å². The lowest BCUT2D eigenvalue weighted by Gasteiger charge is -2.12. The van der Waals surface area contributed by atoms with Crippen LogP contribution in [0, 0.1) is 5.82 Å². The number of hydrogen-bond donors (Lipinski definition) is 2. The molecule has 5 nitrogen and oxygen atoms in total. The Labute approximate surface area is 144 Å². The normalized spacial score (nSPS) is 10.2. The van der Waals surface area contributed by atoms with Crippen molar-refractivity contribution in [2.75, 3.05) is 31.3 Å². The van der Waals surface area contributed by atoms with Crippen LogP contribution >= 0.6 is 11.6 Å². The van der Waals surface area contributed by atoms with E-state index in [-0.39, 0.29) is 23.4 Å². The Balaban J connectivity index is 1.96. The highest BCUT2D eigenvalue weighted by atomic mass is 35.5. The molecule has 126 valence electrons. The number of nitrogens with zero attached hydrogens (tertiary/aromatic N) is 1. The van der Waals surface area contributed by atoms with Crippen molar-refractivity contribution in [1.82, 2.24) is 4.90 Å². The van der Waals surface area contributed by atoms with Crippen molar-refractivity contribution >= 4 is 34.8 Å². The average molecular weight is 350 g/mol. The second-order valence-electron chi connectivity index (χ2n) is 5.31. The Hall–Kier alpha value is -2.60. The molecule has 0 aromatic heterocycles. The smallest absolute Gasteiger partial charge is 0.253 e. The molecule has 7 heteroatoms. The topological polar surface area (TPSA) is 61.4 Å². The van der Waals surface area contributed by atoms with Gasteiger partial charge in [-0.25, -0.2) is 4.39 Å². The number of benzene rings is 2. The summed E-state index contributed by atoms with van der Waals surface area (Å²) in [7, 11) is 3.34. The van der Waals surface area contributed by atoms with E-state index in [1.165, 1.54) is 17.0 Å². The van der Waals surface area contributed by atoms with Crippen LogP contribution in [0.2, 0.25) is 5.02 Å². The number of nitrogens with one attached hydrogen (secondary N) is 2. The van der Waals surface area contributed by atoms with Crippen molar-refractivity contribution < 1.29 is 14.0 Å².